The molecule has 0 N–H and O–H groups in total. The van der Waals surface area contributed by atoms with Crippen molar-refractivity contribution in [1.82, 2.24) is 0 Å². The zero-order chi connectivity index (χ0) is 21.1. The average Bonchev–Trinajstić information content (AvgIpc) is 2.66. The van der Waals surface area contributed by atoms with Crippen molar-refractivity contribution in [1.29, 1.82) is 0 Å². The first-order chi connectivity index (χ1) is 13.4. The van der Waals surface area contributed by atoms with Gasteiger partial charge in [-0.25, -0.2) is 4.79 Å². The summed E-state index contributed by atoms with van der Waals surface area (Å²) in [5.41, 5.74) is 0.193. The maximum atomic E-state index is 12.1. The molecule has 0 aromatic carbocycles. The highest BCUT2D eigenvalue weighted by atomic mass is 16.6. The Bertz CT molecular complexity index is 366. The summed E-state index contributed by atoms with van der Waals surface area (Å²) in [5, 5.41) is 0. The Morgan fingerprint density at radius 3 is 1.32 bits per heavy atom. The Hall–Kier alpha value is -0.790. The van der Waals surface area contributed by atoms with E-state index < -0.39 is 0 Å². The molecule has 0 atom stereocenters. The summed E-state index contributed by atoms with van der Waals surface area (Å²) in [7, 11) is 0. The molecule has 0 bridgehead atoms. The van der Waals surface area contributed by atoms with Gasteiger partial charge in [0.25, 0.3) is 0 Å². The van der Waals surface area contributed by atoms with Crippen LogP contribution >= 0.6 is 0 Å². The third kappa shape index (κ3) is 16.2. The van der Waals surface area contributed by atoms with Gasteiger partial charge in [0.15, 0.2) is 0 Å². The van der Waals surface area contributed by atoms with Crippen LogP contribution in [0.2, 0.25) is 0 Å². The fourth-order valence-corrected chi connectivity index (χ4v) is 3.80. The van der Waals surface area contributed by atoms with Gasteiger partial charge in [-0.3, -0.25) is 0 Å². The van der Waals surface area contributed by atoms with Gasteiger partial charge >= 0.3 is 5.97 Å². The highest BCUT2D eigenvalue weighted by Crippen LogP contribution is 2.28. The monoisotopic (exact) mass is 394 g/mol. The summed E-state index contributed by atoms with van der Waals surface area (Å²) >= 11 is 0. The van der Waals surface area contributed by atoms with E-state index in [1.54, 1.807) is 6.92 Å². The molecule has 0 heterocycles. The lowest BCUT2D eigenvalue weighted by Crippen LogP contribution is -2.32. The third-order valence-corrected chi connectivity index (χ3v) is 5.81. The van der Waals surface area contributed by atoms with Crippen LogP contribution in [0.15, 0.2) is 12.2 Å². The van der Waals surface area contributed by atoms with E-state index in [2.05, 4.69) is 27.4 Å². The van der Waals surface area contributed by atoms with Crippen molar-refractivity contribution in [2.75, 3.05) is 0 Å². The number of unbranched alkanes of at least 4 members (excludes halogenated alkanes) is 14. The van der Waals surface area contributed by atoms with E-state index in [0.717, 1.165) is 25.7 Å². The topological polar surface area (TPSA) is 26.3 Å². The number of ether oxygens (including phenoxy) is 1. The molecule has 0 fully saturated rings. The molecule has 0 saturated heterocycles. The summed E-state index contributed by atoms with van der Waals surface area (Å²) in [6.45, 7) is 12.2. The Kier molecular flexibility index (Phi) is 17.7. The summed E-state index contributed by atoms with van der Waals surface area (Å²) in [4.78, 5) is 12.1. The Morgan fingerprint density at radius 1 is 0.679 bits per heavy atom. The predicted octanol–water partition coefficient (Wildman–Crippen LogP) is 8.93. The minimum atomic E-state index is -0.319. The first-order valence-electron chi connectivity index (χ1n) is 12.3. The second-order valence-corrected chi connectivity index (χ2v) is 9.07. The smallest absolute Gasteiger partial charge is 0.333 e. The van der Waals surface area contributed by atoms with Crippen LogP contribution in [0.25, 0.3) is 0 Å². The van der Waals surface area contributed by atoms with Crippen LogP contribution in [-0.2, 0) is 9.53 Å². The predicted molar refractivity (Wildman–Crippen MR) is 124 cm³/mol. The lowest BCUT2D eigenvalue weighted by atomic mass is 9.91. The molecule has 0 spiro atoms. The molecular weight excluding hydrogens is 344 g/mol. The molecule has 166 valence electrons. The maximum Gasteiger partial charge on any atom is 0.333 e. The van der Waals surface area contributed by atoms with Crippen molar-refractivity contribution < 1.29 is 9.53 Å². The van der Waals surface area contributed by atoms with Crippen molar-refractivity contribution in [2.45, 2.75) is 149 Å². The van der Waals surface area contributed by atoms with Crippen molar-refractivity contribution in [3.8, 4) is 0 Å². The zero-order valence-corrected chi connectivity index (χ0v) is 19.8. The van der Waals surface area contributed by atoms with Gasteiger partial charge in [0, 0.05) is 5.57 Å². The molecule has 0 amide bonds. The first kappa shape index (κ1) is 27.2. The van der Waals surface area contributed by atoms with Gasteiger partial charge in [-0.2, -0.15) is 0 Å². The van der Waals surface area contributed by atoms with Gasteiger partial charge in [0.05, 0.1) is 0 Å². The highest BCUT2D eigenvalue weighted by Gasteiger charge is 2.28. The lowest BCUT2D eigenvalue weighted by Gasteiger charge is -2.30. The van der Waals surface area contributed by atoms with Crippen LogP contribution in [0.5, 0.6) is 0 Å². The molecular formula is C26H50O2. The molecule has 0 radical (unpaired) electrons. The molecule has 0 rings (SSSR count). The van der Waals surface area contributed by atoms with Crippen LogP contribution in [0, 0.1) is 0 Å². The van der Waals surface area contributed by atoms with Crippen LogP contribution in [0.3, 0.4) is 0 Å². The van der Waals surface area contributed by atoms with E-state index >= 15 is 0 Å². The maximum absolute atomic E-state index is 12.1. The molecule has 0 aliphatic rings. The zero-order valence-electron chi connectivity index (χ0n) is 19.8. The SMILES string of the molecule is C=C(C)C(=O)OC(C)(CCCCCCCCCC)CCCCCCCCCC. The summed E-state index contributed by atoms with van der Waals surface area (Å²) in [6.07, 6.45) is 23.0. The van der Waals surface area contributed by atoms with Crippen molar-refractivity contribution >= 4 is 5.97 Å². The number of esters is 1. The summed E-state index contributed by atoms with van der Waals surface area (Å²) in [5.74, 6) is -0.221. The van der Waals surface area contributed by atoms with Gasteiger partial charge in [0.2, 0.25) is 0 Å². The minimum absolute atomic E-state index is 0.221. The highest BCUT2D eigenvalue weighted by molar-refractivity contribution is 5.87. The molecule has 0 aromatic heterocycles. The Labute approximate surface area is 176 Å². The Balaban J connectivity index is 4.11. The standard InChI is InChI=1S/C26H50O2/c1-6-8-10-12-14-16-18-20-22-26(5,28-25(27)24(3)4)23-21-19-17-15-13-11-9-7-2/h3,6-23H2,1-2,4-5H3. The molecule has 0 saturated carbocycles. The summed E-state index contributed by atoms with van der Waals surface area (Å²) < 4.78 is 5.88. The van der Waals surface area contributed by atoms with Gasteiger partial charge in [0.1, 0.15) is 5.60 Å². The average molecular weight is 395 g/mol. The number of carbonyl (C=O) groups excluding carboxylic acids is 1. The van der Waals surface area contributed by atoms with Crippen LogP contribution in [0.1, 0.15) is 143 Å². The molecule has 2 nitrogen and oxygen atoms in total. The lowest BCUT2D eigenvalue weighted by molar-refractivity contribution is -0.154. The van der Waals surface area contributed by atoms with E-state index in [1.165, 1.54) is 89.9 Å². The van der Waals surface area contributed by atoms with Crippen LogP contribution in [-0.4, -0.2) is 11.6 Å². The number of hydrogen-bond acceptors (Lipinski definition) is 2. The second kappa shape index (κ2) is 18.3. The van der Waals surface area contributed by atoms with Gasteiger partial charge in [-0.05, 0) is 39.5 Å². The number of hydrogen-bond donors (Lipinski definition) is 0. The largest absolute Gasteiger partial charge is 0.456 e. The van der Waals surface area contributed by atoms with Gasteiger partial charge in [-0.15, -0.1) is 0 Å². The normalized spacial score (nSPS) is 11.6. The van der Waals surface area contributed by atoms with Crippen LogP contribution < -0.4 is 0 Å². The number of rotatable bonds is 20. The van der Waals surface area contributed by atoms with Crippen LogP contribution in [0.4, 0.5) is 0 Å². The second-order valence-electron chi connectivity index (χ2n) is 9.07. The minimum Gasteiger partial charge on any atom is -0.456 e. The first-order valence-corrected chi connectivity index (χ1v) is 12.3. The fourth-order valence-electron chi connectivity index (χ4n) is 3.80. The Morgan fingerprint density at radius 2 is 1.00 bits per heavy atom. The van der Waals surface area contributed by atoms with E-state index in [9.17, 15) is 4.79 Å². The van der Waals surface area contributed by atoms with Gasteiger partial charge < -0.3 is 4.74 Å². The molecule has 0 aliphatic heterocycles. The molecule has 0 aliphatic carbocycles. The van der Waals surface area contributed by atoms with E-state index in [-0.39, 0.29) is 11.6 Å². The van der Waals surface area contributed by atoms with E-state index in [1.807, 2.05) is 0 Å². The summed E-state index contributed by atoms with van der Waals surface area (Å²) in [6, 6.07) is 0. The molecule has 0 unspecified atom stereocenters. The van der Waals surface area contributed by atoms with Gasteiger partial charge in [-0.1, -0.05) is 110 Å². The molecule has 28 heavy (non-hydrogen) atoms. The molecule has 2 heteroatoms. The van der Waals surface area contributed by atoms with Crippen molar-refractivity contribution in [3.63, 3.8) is 0 Å². The van der Waals surface area contributed by atoms with E-state index in [4.69, 9.17) is 4.74 Å². The van der Waals surface area contributed by atoms with E-state index in [0.29, 0.717) is 5.57 Å². The number of carbonyl (C=O) groups is 1. The quantitative estimate of drug-likeness (QED) is 0.117. The molecule has 0 aromatic rings. The van der Waals surface area contributed by atoms with Crippen molar-refractivity contribution in [3.05, 3.63) is 12.2 Å². The fraction of sp³-hybridized carbons (Fsp3) is 0.885. The third-order valence-electron chi connectivity index (χ3n) is 5.81. The van der Waals surface area contributed by atoms with Crippen molar-refractivity contribution in [2.24, 2.45) is 0 Å².